The summed E-state index contributed by atoms with van der Waals surface area (Å²) in [4.78, 5) is 19.9. The number of anilines is 2. The van der Waals surface area contributed by atoms with Crippen LogP contribution in [0.5, 0.6) is 0 Å². The second-order valence-electron chi connectivity index (χ2n) is 9.42. The summed E-state index contributed by atoms with van der Waals surface area (Å²) in [5.41, 5.74) is 4.44. The lowest BCUT2D eigenvalue weighted by atomic mass is 10.2. The lowest BCUT2D eigenvalue weighted by Crippen LogP contribution is -2.47. The Morgan fingerprint density at radius 1 is 1.06 bits per heavy atom. The zero-order valence-electron chi connectivity index (χ0n) is 21.8. The molecule has 0 saturated carbocycles. The van der Waals surface area contributed by atoms with Gasteiger partial charge in [0, 0.05) is 44.0 Å². The standard InChI is InChI=1S/C28H37FN6O/c1-5-14-34(28(36)30-24-12-10-21(3)11-13-24)20-26-22(4)31-35(25-9-7-8-23(29)19-25)27(26)33-17-15-32(6-2)16-18-33/h7-13,19H,5-6,14-18,20H2,1-4H3,(H,30,36). The third-order valence-corrected chi connectivity index (χ3v) is 6.76. The molecule has 1 aromatic heterocycles. The van der Waals surface area contributed by atoms with Crippen LogP contribution in [0.25, 0.3) is 5.69 Å². The first-order valence-corrected chi connectivity index (χ1v) is 12.8. The van der Waals surface area contributed by atoms with Gasteiger partial charge in [-0.3, -0.25) is 0 Å². The minimum absolute atomic E-state index is 0.139. The molecule has 36 heavy (non-hydrogen) atoms. The Morgan fingerprint density at radius 3 is 2.42 bits per heavy atom. The van der Waals surface area contributed by atoms with E-state index < -0.39 is 0 Å². The van der Waals surface area contributed by atoms with Gasteiger partial charge in [-0.15, -0.1) is 0 Å². The molecule has 192 valence electrons. The van der Waals surface area contributed by atoms with Gasteiger partial charge < -0.3 is 20.0 Å². The minimum atomic E-state index is -0.297. The molecule has 1 aliphatic rings. The van der Waals surface area contributed by atoms with Crippen molar-refractivity contribution < 1.29 is 9.18 Å². The number of hydrogen-bond acceptors (Lipinski definition) is 4. The fraction of sp³-hybridized carbons (Fsp3) is 0.429. The van der Waals surface area contributed by atoms with Gasteiger partial charge in [-0.2, -0.15) is 5.10 Å². The summed E-state index contributed by atoms with van der Waals surface area (Å²) in [6.45, 7) is 13.9. The average Bonchev–Trinajstić information content (AvgIpc) is 3.21. The van der Waals surface area contributed by atoms with E-state index in [1.54, 1.807) is 6.07 Å². The molecule has 3 aromatic rings. The van der Waals surface area contributed by atoms with Crippen molar-refractivity contribution in [2.24, 2.45) is 0 Å². The number of halogens is 1. The van der Waals surface area contributed by atoms with Crippen molar-refractivity contribution >= 4 is 17.5 Å². The highest BCUT2D eigenvalue weighted by Gasteiger charge is 2.27. The normalized spacial score (nSPS) is 14.2. The van der Waals surface area contributed by atoms with Gasteiger partial charge in [0.15, 0.2) is 0 Å². The predicted octanol–water partition coefficient (Wildman–Crippen LogP) is 5.21. The predicted molar refractivity (Wildman–Crippen MR) is 143 cm³/mol. The Morgan fingerprint density at radius 2 is 1.78 bits per heavy atom. The molecule has 1 N–H and O–H groups in total. The molecule has 7 nitrogen and oxygen atoms in total. The van der Waals surface area contributed by atoms with E-state index in [2.05, 4.69) is 29.0 Å². The molecule has 1 aliphatic heterocycles. The zero-order valence-corrected chi connectivity index (χ0v) is 21.8. The van der Waals surface area contributed by atoms with Crippen molar-refractivity contribution in [3.63, 3.8) is 0 Å². The highest BCUT2D eigenvalue weighted by atomic mass is 19.1. The Balaban J connectivity index is 1.67. The SMILES string of the molecule is CCCN(Cc1c(C)nn(-c2cccc(F)c2)c1N1CCN(CC)CC1)C(=O)Nc1ccc(C)cc1. The largest absolute Gasteiger partial charge is 0.354 e. The number of hydrogen-bond donors (Lipinski definition) is 1. The molecular weight excluding hydrogens is 455 g/mol. The number of carbonyl (C=O) groups excluding carboxylic acids is 1. The van der Waals surface area contributed by atoms with E-state index in [0.29, 0.717) is 18.8 Å². The van der Waals surface area contributed by atoms with Gasteiger partial charge in [-0.05, 0) is 57.1 Å². The first kappa shape index (κ1) is 25.7. The highest BCUT2D eigenvalue weighted by molar-refractivity contribution is 5.89. The van der Waals surface area contributed by atoms with E-state index in [1.807, 2.05) is 53.8 Å². The topological polar surface area (TPSA) is 56.6 Å². The van der Waals surface area contributed by atoms with E-state index in [4.69, 9.17) is 5.10 Å². The number of aromatic nitrogens is 2. The molecule has 0 atom stereocenters. The Kier molecular flexibility index (Phi) is 8.25. The number of urea groups is 1. The smallest absolute Gasteiger partial charge is 0.322 e. The van der Waals surface area contributed by atoms with Crippen LogP contribution >= 0.6 is 0 Å². The number of aryl methyl sites for hydroxylation is 2. The van der Waals surface area contributed by atoms with Gasteiger partial charge in [0.05, 0.1) is 17.9 Å². The highest BCUT2D eigenvalue weighted by Crippen LogP contribution is 2.30. The molecule has 2 aromatic carbocycles. The molecule has 2 heterocycles. The molecule has 4 rings (SSSR count). The van der Waals surface area contributed by atoms with E-state index in [9.17, 15) is 9.18 Å². The van der Waals surface area contributed by atoms with Crippen LogP contribution in [0.15, 0.2) is 48.5 Å². The number of benzene rings is 2. The van der Waals surface area contributed by atoms with Crippen LogP contribution in [-0.4, -0.2) is 64.9 Å². The molecule has 0 unspecified atom stereocenters. The third-order valence-electron chi connectivity index (χ3n) is 6.76. The summed E-state index contributed by atoms with van der Waals surface area (Å²) >= 11 is 0. The van der Waals surface area contributed by atoms with Gasteiger partial charge in [0.25, 0.3) is 0 Å². The van der Waals surface area contributed by atoms with Gasteiger partial charge in [-0.25, -0.2) is 13.9 Å². The molecule has 0 bridgehead atoms. The van der Waals surface area contributed by atoms with Crippen LogP contribution in [0.2, 0.25) is 0 Å². The number of amides is 2. The summed E-state index contributed by atoms with van der Waals surface area (Å²) < 4.78 is 16.0. The van der Waals surface area contributed by atoms with Crippen molar-refractivity contribution in [2.75, 3.05) is 49.5 Å². The van der Waals surface area contributed by atoms with Gasteiger partial charge in [-0.1, -0.05) is 37.6 Å². The van der Waals surface area contributed by atoms with Crippen LogP contribution < -0.4 is 10.2 Å². The first-order valence-electron chi connectivity index (χ1n) is 12.8. The van der Waals surface area contributed by atoms with Crippen molar-refractivity contribution in [3.05, 3.63) is 71.2 Å². The number of nitrogens with one attached hydrogen (secondary N) is 1. The Labute approximate surface area is 213 Å². The number of piperazine rings is 1. The minimum Gasteiger partial charge on any atom is -0.354 e. The molecular formula is C28H37FN6O. The second kappa shape index (κ2) is 11.6. The number of carbonyl (C=O) groups is 1. The van der Waals surface area contributed by atoms with Gasteiger partial charge >= 0.3 is 6.03 Å². The van der Waals surface area contributed by atoms with Crippen LogP contribution in [0.4, 0.5) is 20.7 Å². The Bertz CT molecular complexity index is 1170. The third kappa shape index (κ3) is 5.87. The molecule has 0 radical (unpaired) electrons. The summed E-state index contributed by atoms with van der Waals surface area (Å²) in [5.74, 6) is 0.645. The molecule has 1 saturated heterocycles. The van der Waals surface area contributed by atoms with E-state index in [1.165, 1.54) is 12.1 Å². The number of rotatable bonds is 8. The molecule has 1 fully saturated rings. The monoisotopic (exact) mass is 492 g/mol. The van der Waals surface area contributed by atoms with Crippen molar-refractivity contribution in [2.45, 2.75) is 40.7 Å². The maximum atomic E-state index is 14.2. The Hall–Kier alpha value is -3.39. The van der Waals surface area contributed by atoms with Crippen LogP contribution in [0.1, 0.15) is 37.1 Å². The van der Waals surface area contributed by atoms with Crippen molar-refractivity contribution in [1.29, 1.82) is 0 Å². The summed E-state index contributed by atoms with van der Waals surface area (Å²) in [6, 6.07) is 14.2. The van der Waals surface area contributed by atoms with E-state index in [0.717, 1.165) is 67.5 Å². The van der Waals surface area contributed by atoms with Crippen LogP contribution in [-0.2, 0) is 6.54 Å². The number of nitrogens with zero attached hydrogens (tertiary/aromatic N) is 5. The molecule has 8 heteroatoms. The van der Waals surface area contributed by atoms with Crippen LogP contribution in [0.3, 0.4) is 0 Å². The maximum absolute atomic E-state index is 14.2. The lowest BCUT2D eigenvalue weighted by molar-refractivity contribution is 0.209. The maximum Gasteiger partial charge on any atom is 0.322 e. The van der Waals surface area contributed by atoms with E-state index >= 15 is 0 Å². The quantitative estimate of drug-likeness (QED) is 0.469. The lowest BCUT2D eigenvalue weighted by Gasteiger charge is -2.36. The first-order chi connectivity index (χ1) is 17.4. The van der Waals surface area contributed by atoms with Crippen molar-refractivity contribution in [3.8, 4) is 5.69 Å². The molecule has 0 spiro atoms. The zero-order chi connectivity index (χ0) is 25.7. The van der Waals surface area contributed by atoms with Crippen LogP contribution in [0, 0.1) is 19.7 Å². The molecule has 0 aliphatic carbocycles. The average molecular weight is 493 g/mol. The van der Waals surface area contributed by atoms with Gasteiger partial charge in [0.2, 0.25) is 0 Å². The second-order valence-corrected chi connectivity index (χ2v) is 9.42. The summed E-state index contributed by atoms with van der Waals surface area (Å²) in [6.07, 6.45) is 0.836. The summed E-state index contributed by atoms with van der Waals surface area (Å²) in [7, 11) is 0. The summed E-state index contributed by atoms with van der Waals surface area (Å²) in [5, 5.41) is 7.88. The van der Waals surface area contributed by atoms with Gasteiger partial charge in [0.1, 0.15) is 11.6 Å². The fourth-order valence-corrected chi connectivity index (χ4v) is 4.67. The van der Waals surface area contributed by atoms with Crippen molar-refractivity contribution in [1.82, 2.24) is 19.6 Å². The van der Waals surface area contributed by atoms with E-state index in [-0.39, 0.29) is 11.8 Å². The fourth-order valence-electron chi connectivity index (χ4n) is 4.67. The molecule has 2 amide bonds. The number of likely N-dealkylation sites (N-methyl/N-ethyl adjacent to an activating group) is 1.